The molecule has 0 spiro atoms. The summed E-state index contributed by atoms with van der Waals surface area (Å²) >= 11 is 4.46. The van der Waals surface area contributed by atoms with Crippen molar-refractivity contribution in [3.8, 4) is 0 Å². The molecule has 1 amide bonds. The lowest BCUT2D eigenvalue weighted by atomic mass is 10.2. The molecule has 0 aromatic rings. The number of carbonyl (C=O) groups is 1. The molecule has 18 heavy (non-hydrogen) atoms. The summed E-state index contributed by atoms with van der Waals surface area (Å²) in [4.78, 5) is 15.8. The largest absolute Gasteiger partial charge is 0.444 e. The van der Waals surface area contributed by atoms with Gasteiger partial charge in [-0.05, 0) is 39.5 Å². The third kappa shape index (κ3) is 4.80. The molecule has 0 radical (unpaired) electrons. The first-order chi connectivity index (χ1) is 8.19. The molecule has 0 N–H and O–H groups in total. The Morgan fingerprint density at radius 3 is 2.56 bits per heavy atom. The first-order valence-electron chi connectivity index (χ1n) is 6.21. The molecule has 1 aliphatic heterocycles. The van der Waals surface area contributed by atoms with E-state index in [1.54, 1.807) is 4.90 Å². The Hall–Kier alpha value is -0.840. The van der Waals surface area contributed by atoms with Gasteiger partial charge in [-0.2, -0.15) is 12.6 Å². The highest BCUT2D eigenvalue weighted by atomic mass is 32.1. The Morgan fingerprint density at radius 2 is 2.06 bits per heavy atom. The normalized spacial score (nSPS) is 24.7. The van der Waals surface area contributed by atoms with Crippen LogP contribution in [0.5, 0.6) is 0 Å². The maximum atomic E-state index is 12.1. The van der Waals surface area contributed by atoms with Crippen LogP contribution in [0.3, 0.4) is 0 Å². The summed E-state index contributed by atoms with van der Waals surface area (Å²) in [6.07, 6.45) is 4.60. The smallest absolute Gasteiger partial charge is 0.410 e. The standard InChI is InChI=1S/C13H24N2O2S/c1-13(2,3)17-12(16)15-9-11(18)8-10(15)6-7-14(4)5/h6-7,10-11,18H,8-9H2,1-5H3/b7-6+/t10-,11+/m1/s1. The lowest BCUT2D eigenvalue weighted by molar-refractivity contribution is 0.0256. The number of hydrogen-bond acceptors (Lipinski definition) is 4. The minimum Gasteiger partial charge on any atom is -0.444 e. The molecule has 1 aliphatic rings. The Bertz CT molecular complexity index is 323. The predicted octanol–water partition coefficient (Wildman–Crippen LogP) is 2.37. The van der Waals surface area contributed by atoms with Crippen molar-refractivity contribution in [2.24, 2.45) is 0 Å². The van der Waals surface area contributed by atoms with Gasteiger partial charge >= 0.3 is 6.09 Å². The number of hydrogen-bond donors (Lipinski definition) is 1. The maximum Gasteiger partial charge on any atom is 0.410 e. The van der Waals surface area contributed by atoms with Crippen LogP contribution in [-0.2, 0) is 4.74 Å². The molecule has 0 bridgehead atoms. The summed E-state index contributed by atoms with van der Waals surface area (Å²) in [6, 6.07) is 0.0738. The van der Waals surface area contributed by atoms with Gasteiger partial charge < -0.3 is 14.5 Å². The number of carbonyl (C=O) groups excluding carboxylic acids is 1. The van der Waals surface area contributed by atoms with E-state index in [0.29, 0.717) is 6.54 Å². The van der Waals surface area contributed by atoms with Crippen molar-refractivity contribution in [3.63, 3.8) is 0 Å². The molecule has 1 heterocycles. The summed E-state index contributed by atoms with van der Waals surface area (Å²) in [5.74, 6) is 0. The van der Waals surface area contributed by atoms with Crippen LogP contribution in [0.15, 0.2) is 12.3 Å². The Kier molecular flexibility index (Phi) is 4.96. The van der Waals surface area contributed by atoms with Crippen LogP contribution in [0.25, 0.3) is 0 Å². The van der Waals surface area contributed by atoms with E-state index in [9.17, 15) is 4.79 Å². The first kappa shape index (κ1) is 15.2. The minimum atomic E-state index is -0.457. The number of likely N-dealkylation sites (tertiary alicyclic amines) is 1. The van der Waals surface area contributed by atoms with Crippen LogP contribution in [-0.4, -0.2) is 53.4 Å². The van der Waals surface area contributed by atoms with E-state index in [1.165, 1.54) is 0 Å². The molecule has 0 aromatic heterocycles. The fraction of sp³-hybridized carbons (Fsp3) is 0.769. The van der Waals surface area contributed by atoms with Crippen molar-refractivity contribution in [1.29, 1.82) is 0 Å². The van der Waals surface area contributed by atoms with Crippen molar-refractivity contribution in [2.45, 2.75) is 44.1 Å². The van der Waals surface area contributed by atoms with Crippen LogP contribution in [0.4, 0.5) is 4.79 Å². The van der Waals surface area contributed by atoms with E-state index in [1.807, 2.05) is 52.0 Å². The Morgan fingerprint density at radius 1 is 1.44 bits per heavy atom. The Balaban J connectivity index is 2.69. The molecule has 0 unspecified atom stereocenters. The number of nitrogens with zero attached hydrogens (tertiary/aromatic N) is 2. The number of rotatable bonds is 2. The molecule has 4 nitrogen and oxygen atoms in total. The molecule has 5 heteroatoms. The molecule has 104 valence electrons. The van der Waals surface area contributed by atoms with Gasteiger partial charge in [0.05, 0.1) is 6.04 Å². The topological polar surface area (TPSA) is 32.8 Å². The van der Waals surface area contributed by atoms with E-state index < -0.39 is 5.60 Å². The molecule has 0 aliphatic carbocycles. The predicted molar refractivity (Wildman–Crippen MR) is 76.9 cm³/mol. The highest BCUT2D eigenvalue weighted by Gasteiger charge is 2.34. The van der Waals surface area contributed by atoms with E-state index in [2.05, 4.69) is 12.6 Å². The number of amides is 1. The molecule has 1 saturated heterocycles. The lowest BCUT2D eigenvalue weighted by Gasteiger charge is -2.27. The van der Waals surface area contributed by atoms with E-state index >= 15 is 0 Å². The van der Waals surface area contributed by atoms with Crippen LogP contribution in [0, 0.1) is 0 Å². The summed E-state index contributed by atoms with van der Waals surface area (Å²) < 4.78 is 5.41. The second kappa shape index (κ2) is 5.87. The van der Waals surface area contributed by atoms with Crippen molar-refractivity contribution in [3.05, 3.63) is 12.3 Å². The molecule has 1 rings (SSSR count). The van der Waals surface area contributed by atoms with Crippen molar-refractivity contribution in [1.82, 2.24) is 9.80 Å². The molecular weight excluding hydrogens is 248 g/mol. The summed E-state index contributed by atoms with van der Waals surface area (Å²) in [7, 11) is 3.92. The van der Waals surface area contributed by atoms with Crippen molar-refractivity contribution >= 4 is 18.7 Å². The molecule has 0 aromatic carbocycles. The van der Waals surface area contributed by atoms with Gasteiger partial charge in [-0.3, -0.25) is 0 Å². The molecular formula is C13H24N2O2S. The lowest BCUT2D eigenvalue weighted by Crippen LogP contribution is -2.39. The second-order valence-corrected chi connectivity index (χ2v) is 6.63. The third-order valence-corrected chi connectivity index (χ3v) is 2.93. The highest BCUT2D eigenvalue weighted by Crippen LogP contribution is 2.25. The van der Waals surface area contributed by atoms with Gasteiger partial charge in [0, 0.05) is 25.9 Å². The van der Waals surface area contributed by atoms with Gasteiger partial charge in [0.25, 0.3) is 0 Å². The van der Waals surface area contributed by atoms with E-state index in [-0.39, 0.29) is 17.4 Å². The molecule has 0 saturated carbocycles. The number of thiol groups is 1. The zero-order chi connectivity index (χ0) is 13.9. The van der Waals surface area contributed by atoms with Crippen LogP contribution in [0.2, 0.25) is 0 Å². The summed E-state index contributed by atoms with van der Waals surface area (Å²) in [5.41, 5.74) is -0.457. The second-order valence-electron chi connectivity index (χ2n) is 5.89. The van der Waals surface area contributed by atoms with Gasteiger partial charge in [0.2, 0.25) is 0 Å². The number of ether oxygens (including phenoxy) is 1. The minimum absolute atomic E-state index is 0.0738. The molecule has 1 fully saturated rings. The van der Waals surface area contributed by atoms with Crippen molar-refractivity contribution < 1.29 is 9.53 Å². The SMILES string of the molecule is CN(C)/C=C/[C@@H]1C[C@H](S)CN1C(=O)OC(C)(C)C. The maximum absolute atomic E-state index is 12.1. The third-order valence-electron chi connectivity index (χ3n) is 2.56. The average molecular weight is 272 g/mol. The average Bonchev–Trinajstić information content (AvgIpc) is 2.54. The fourth-order valence-electron chi connectivity index (χ4n) is 1.83. The summed E-state index contributed by atoms with van der Waals surface area (Å²) in [5, 5.41) is 0.217. The summed E-state index contributed by atoms with van der Waals surface area (Å²) in [6.45, 7) is 6.28. The van der Waals surface area contributed by atoms with Crippen molar-refractivity contribution in [2.75, 3.05) is 20.6 Å². The van der Waals surface area contributed by atoms with Crippen LogP contribution >= 0.6 is 12.6 Å². The quantitative estimate of drug-likeness (QED) is 0.783. The van der Waals surface area contributed by atoms with Gasteiger partial charge in [0.15, 0.2) is 0 Å². The molecule has 2 atom stereocenters. The van der Waals surface area contributed by atoms with Gasteiger partial charge in [0.1, 0.15) is 5.60 Å². The highest BCUT2D eigenvalue weighted by molar-refractivity contribution is 7.81. The van der Waals surface area contributed by atoms with Crippen LogP contribution in [0.1, 0.15) is 27.2 Å². The van der Waals surface area contributed by atoms with E-state index in [0.717, 1.165) is 6.42 Å². The fourth-order valence-corrected chi connectivity index (χ4v) is 2.22. The first-order valence-corrected chi connectivity index (χ1v) is 6.73. The monoisotopic (exact) mass is 272 g/mol. The van der Waals surface area contributed by atoms with Gasteiger partial charge in [-0.15, -0.1) is 0 Å². The zero-order valence-electron chi connectivity index (χ0n) is 11.9. The van der Waals surface area contributed by atoms with Gasteiger partial charge in [-0.1, -0.05) is 0 Å². The zero-order valence-corrected chi connectivity index (χ0v) is 12.8. The Labute approximate surface area is 115 Å². The van der Waals surface area contributed by atoms with E-state index in [4.69, 9.17) is 4.74 Å². The van der Waals surface area contributed by atoms with Gasteiger partial charge in [-0.25, -0.2) is 4.79 Å². The van der Waals surface area contributed by atoms with Crippen LogP contribution < -0.4 is 0 Å².